The number of rotatable bonds is 8. The molecule has 2 N–H and O–H groups in total. The number of pyridine rings is 1. The van der Waals surface area contributed by atoms with Crippen LogP contribution in [0.2, 0.25) is 0 Å². The molecule has 1 saturated heterocycles. The topological polar surface area (TPSA) is 75.3 Å². The van der Waals surface area contributed by atoms with Crippen molar-refractivity contribution in [2.75, 3.05) is 11.9 Å². The van der Waals surface area contributed by atoms with E-state index < -0.39 is 0 Å². The number of benzene rings is 1. The Balaban J connectivity index is 1.42. The van der Waals surface area contributed by atoms with Crippen LogP contribution < -0.4 is 10.6 Å². The van der Waals surface area contributed by atoms with Crippen molar-refractivity contribution in [2.24, 2.45) is 0 Å². The summed E-state index contributed by atoms with van der Waals surface area (Å²) in [5, 5.41) is 7.12. The molecular formula is C29H31N5O2S. The van der Waals surface area contributed by atoms with Gasteiger partial charge < -0.3 is 24.5 Å². The Morgan fingerprint density at radius 3 is 2.70 bits per heavy atom. The van der Waals surface area contributed by atoms with Crippen LogP contribution in [-0.4, -0.2) is 32.0 Å². The second-order valence-electron chi connectivity index (χ2n) is 9.48. The van der Waals surface area contributed by atoms with Crippen molar-refractivity contribution in [3.8, 4) is 0 Å². The third kappa shape index (κ3) is 5.29. The van der Waals surface area contributed by atoms with Gasteiger partial charge in [-0.15, -0.1) is 0 Å². The third-order valence-electron chi connectivity index (χ3n) is 6.90. The van der Waals surface area contributed by atoms with Gasteiger partial charge in [-0.1, -0.05) is 18.2 Å². The van der Waals surface area contributed by atoms with Gasteiger partial charge in [0.1, 0.15) is 5.76 Å². The monoisotopic (exact) mass is 513 g/mol. The maximum Gasteiger partial charge on any atom is 0.226 e. The van der Waals surface area contributed by atoms with Crippen LogP contribution in [0, 0.1) is 20.8 Å². The van der Waals surface area contributed by atoms with Gasteiger partial charge in [0.15, 0.2) is 5.11 Å². The number of aromatic nitrogens is 2. The number of anilines is 1. The van der Waals surface area contributed by atoms with Gasteiger partial charge in [-0.2, -0.15) is 0 Å². The molecule has 0 unspecified atom stereocenters. The van der Waals surface area contributed by atoms with Gasteiger partial charge in [0, 0.05) is 36.2 Å². The summed E-state index contributed by atoms with van der Waals surface area (Å²) in [7, 11) is 0. The third-order valence-corrected chi connectivity index (χ3v) is 7.26. The number of aryl methyl sites for hydroxylation is 2. The maximum atomic E-state index is 12.9. The SMILES string of the molecule is Cc1cccc(NC(=O)CCN2C(=S)N[C@H](c3ccccn3)[C@@H]2c2cc(C)n(Cc3ccco3)c2C)c1. The van der Waals surface area contributed by atoms with Gasteiger partial charge in [-0.25, -0.2) is 0 Å². The molecule has 4 aromatic rings. The maximum absolute atomic E-state index is 12.9. The Morgan fingerprint density at radius 2 is 1.97 bits per heavy atom. The normalized spacial score (nSPS) is 17.2. The average Bonchev–Trinajstić information content (AvgIpc) is 3.58. The minimum Gasteiger partial charge on any atom is -0.467 e. The lowest BCUT2D eigenvalue weighted by Crippen LogP contribution is -2.33. The highest BCUT2D eigenvalue weighted by molar-refractivity contribution is 7.80. The molecule has 7 nitrogen and oxygen atoms in total. The molecule has 0 spiro atoms. The van der Waals surface area contributed by atoms with E-state index in [9.17, 15) is 4.79 Å². The summed E-state index contributed by atoms with van der Waals surface area (Å²) >= 11 is 5.80. The number of thiocarbonyl (C=S) groups is 1. The predicted molar refractivity (Wildman–Crippen MR) is 148 cm³/mol. The lowest BCUT2D eigenvalue weighted by molar-refractivity contribution is -0.116. The summed E-state index contributed by atoms with van der Waals surface area (Å²) in [4.78, 5) is 19.6. The predicted octanol–water partition coefficient (Wildman–Crippen LogP) is 5.45. The Bertz CT molecular complexity index is 1400. The van der Waals surface area contributed by atoms with Crippen molar-refractivity contribution in [1.29, 1.82) is 0 Å². The molecule has 5 rings (SSSR count). The van der Waals surface area contributed by atoms with E-state index in [1.165, 1.54) is 0 Å². The minimum atomic E-state index is -0.133. The van der Waals surface area contributed by atoms with E-state index in [4.69, 9.17) is 16.6 Å². The Kier molecular flexibility index (Phi) is 7.10. The molecule has 2 atom stereocenters. The lowest BCUT2D eigenvalue weighted by Gasteiger charge is -2.28. The number of hydrogen-bond donors (Lipinski definition) is 2. The van der Waals surface area contributed by atoms with E-state index in [0.29, 0.717) is 24.6 Å². The van der Waals surface area contributed by atoms with Crippen molar-refractivity contribution >= 4 is 28.9 Å². The summed E-state index contributed by atoms with van der Waals surface area (Å²) in [5.41, 5.74) is 6.25. The molecule has 1 aliphatic rings. The van der Waals surface area contributed by atoms with E-state index in [1.54, 1.807) is 12.5 Å². The van der Waals surface area contributed by atoms with Crippen LogP contribution in [0.4, 0.5) is 5.69 Å². The number of nitrogens with zero attached hydrogens (tertiary/aromatic N) is 3. The fourth-order valence-electron chi connectivity index (χ4n) is 5.08. The van der Waals surface area contributed by atoms with E-state index in [1.807, 2.05) is 61.5 Å². The first-order valence-electron chi connectivity index (χ1n) is 12.4. The number of hydrogen-bond acceptors (Lipinski definition) is 4. The molecule has 190 valence electrons. The van der Waals surface area contributed by atoms with Gasteiger partial charge in [0.05, 0.1) is 30.6 Å². The molecule has 0 bridgehead atoms. The zero-order chi connectivity index (χ0) is 25.9. The molecule has 0 radical (unpaired) electrons. The van der Waals surface area contributed by atoms with E-state index in [2.05, 4.69) is 45.0 Å². The minimum absolute atomic E-state index is 0.0447. The van der Waals surface area contributed by atoms with E-state index >= 15 is 0 Å². The molecule has 1 aromatic carbocycles. The Labute approximate surface area is 222 Å². The molecule has 3 aromatic heterocycles. The molecular weight excluding hydrogens is 482 g/mol. The van der Waals surface area contributed by atoms with Crippen molar-refractivity contribution in [2.45, 2.75) is 45.8 Å². The second kappa shape index (κ2) is 10.6. The van der Waals surface area contributed by atoms with Crippen LogP contribution in [-0.2, 0) is 11.3 Å². The number of carbonyl (C=O) groups is 1. The van der Waals surface area contributed by atoms with Gasteiger partial charge in [-0.3, -0.25) is 9.78 Å². The van der Waals surface area contributed by atoms with Gasteiger partial charge in [0.2, 0.25) is 5.91 Å². The van der Waals surface area contributed by atoms with Crippen LogP contribution in [0.15, 0.2) is 77.5 Å². The first-order valence-corrected chi connectivity index (χ1v) is 12.8. The number of nitrogens with one attached hydrogen (secondary N) is 2. The smallest absolute Gasteiger partial charge is 0.226 e. The average molecular weight is 514 g/mol. The fourth-order valence-corrected chi connectivity index (χ4v) is 5.41. The van der Waals surface area contributed by atoms with Crippen LogP contribution in [0.3, 0.4) is 0 Å². The zero-order valence-corrected chi connectivity index (χ0v) is 22.1. The standard InChI is InChI=1S/C29H31N5O2S/c1-19-8-6-9-22(16-19)31-26(35)12-14-33-28(27(32-29(33)37)25-11-4-5-13-30-25)24-17-20(2)34(21(24)3)18-23-10-7-15-36-23/h4-11,13,15-17,27-28H,12,14,18H2,1-3H3,(H,31,35)(H,32,37)/t27-,28+/m1/s1. The molecule has 1 aliphatic heterocycles. The number of carbonyl (C=O) groups excluding carboxylic acids is 1. The van der Waals surface area contributed by atoms with Crippen molar-refractivity contribution < 1.29 is 9.21 Å². The molecule has 37 heavy (non-hydrogen) atoms. The van der Waals surface area contributed by atoms with Gasteiger partial charge in [-0.05, 0) is 86.6 Å². The van der Waals surface area contributed by atoms with E-state index in [-0.39, 0.29) is 18.0 Å². The largest absolute Gasteiger partial charge is 0.467 e. The van der Waals surface area contributed by atoms with Crippen molar-refractivity contribution in [1.82, 2.24) is 19.8 Å². The first-order chi connectivity index (χ1) is 17.9. The molecule has 8 heteroatoms. The summed E-state index contributed by atoms with van der Waals surface area (Å²) in [5.74, 6) is 0.857. The summed E-state index contributed by atoms with van der Waals surface area (Å²) in [6.07, 6.45) is 3.81. The Morgan fingerprint density at radius 1 is 1.11 bits per heavy atom. The first kappa shape index (κ1) is 24.8. The Hall–Kier alpha value is -3.91. The van der Waals surface area contributed by atoms with Gasteiger partial charge >= 0.3 is 0 Å². The van der Waals surface area contributed by atoms with Gasteiger partial charge in [0.25, 0.3) is 0 Å². The quantitative estimate of drug-likeness (QED) is 0.305. The van der Waals surface area contributed by atoms with Crippen LogP contribution in [0.1, 0.15) is 52.5 Å². The molecule has 0 aliphatic carbocycles. The second-order valence-corrected chi connectivity index (χ2v) is 9.87. The van der Waals surface area contributed by atoms with Crippen LogP contribution in [0.5, 0.6) is 0 Å². The van der Waals surface area contributed by atoms with Crippen LogP contribution >= 0.6 is 12.2 Å². The number of amides is 1. The summed E-state index contributed by atoms with van der Waals surface area (Å²) in [6, 6.07) is 19.6. The summed E-state index contributed by atoms with van der Waals surface area (Å²) < 4.78 is 7.87. The zero-order valence-electron chi connectivity index (χ0n) is 21.3. The van der Waals surface area contributed by atoms with Crippen molar-refractivity contribution in [3.63, 3.8) is 0 Å². The van der Waals surface area contributed by atoms with Crippen molar-refractivity contribution in [3.05, 3.63) is 107 Å². The number of furan rings is 1. The lowest BCUT2D eigenvalue weighted by atomic mass is 9.96. The fraction of sp³-hybridized carbons (Fsp3) is 0.276. The van der Waals surface area contributed by atoms with Crippen LogP contribution in [0.25, 0.3) is 0 Å². The molecule has 0 saturated carbocycles. The molecule has 4 heterocycles. The summed E-state index contributed by atoms with van der Waals surface area (Å²) in [6.45, 7) is 7.39. The molecule has 1 fully saturated rings. The highest BCUT2D eigenvalue weighted by Gasteiger charge is 2.41. The van der Waals surface area contributed by atoms with E-state index in [0.717, 1.165) is 39.7 Å². The molecule has 1 amide bonds. The highest BCUT2D eigenvalue weighted by atomic mass is 32.1. The highest BCUT2D eigenvalue weighted by Crippen LogP contribution is 2.41.